The Morgan fingerprint density at radius 3 is 3.06 bits per heavy atom. The quantitative estimate of drug-likeness (QED) is 0.850. The van der Waals surface area contributed by atoms with Gasteiger partial charge in [-0.05, 0) is 34.5 Å². The molecule has 2 rings (SSSR count). The summed E-state index contributed by atoms with van der Waals surface area (Å²) in [6, 6.07) is 7.29. The van der Waals surface area contributed by atoms with Crippen LogP contribution in [0, 0.1) is 11.3 Å². The molecule has 0 spiro atoms. The second kappa shape index (κ2) is 4.97. The highest BCUT2D eigenvalue weighted by Crippen LogP contribution is 2.15. The van der Waals surface area contributed by atoms with Gasteiger partial charge in [0.25, 0.3) is 0 Å². The van der Waals surface area contributed by atoms with Crippen molar-refractivity contribution in [3.05, 3.63) is 45.2 Å². The van der Waals surface area contributed by atoms with E-state index in [0.29, 0.717) is 23.1 Å². The van der Waals surface area contributed by atoms with Crippen molar-refractivity contribution < 1.29 is 0 Å². The summed E-state index contributed by atoms with van der Waals surface area (Å²) in [4.78, 5) is 4.09. The summed E-state index contributed by atoms with van der Waals surface area (Å²) in [5.41, 5.74) is 1.69. The molecule has 0 amide bonds. The van der Waals surface area contributed by atoms with E-state index in [1.54, 1.807) is 17.4 Å². The Morgan fingerprint density at radius 2 is 2.38 bits per heavy atom. The molecule has 0 bridgehead atoms. The fourth-order valence-corrected chi connectivity index (χ4v) is 2.12. The number of halogens is 1. The molecule has 2 aromatic heterocycles. The Bertz CT molecular complexity index is 517. The number of hydrogen-bond donors (Lipinski definition) is 1. The van der Waals surface area contributed by atoms with Gasteiger partial charge in [0.15, 0.2) is 0 Å². The van der Waals surface area contributed by atoms with Gasteiger partial charge in [-0.2, -0.15) is 16.6 Å². The second-order valence-corrected chi connectivity index (χ2v) is 4.33. The molecule has 0 atom stereocenters. The first-order valence-corrected chi connectivity index (χ1v) is 5.92. The normalized spacial score (nSPS) is 9.75. The Balaban J connectivity index is 2.10. The molecule has 16 heavy (non-hydrogen) atoms. The lowest BCUT2D eigenvalue weighted by molar-refractivity contribution is 1.12. The number of anilines is 1. The fraction of sp³-hybridized carbons (Fsp3) is 0.0909. The minimum absolute atomic E-state index is 0.326. The minimum atomic E-state index is 0.326. The summed E-state index contributed by atoms with van der Waals surface area (Å²) in [6.45, 7) is 0.682. The standard InChI is InChI=1S/C11H8ClN3S/c12-10-3-9(5-13)4-11(15-10)14-6-8-1-2-16-7-8/h1-4,7H,6H2,(H,14,15). The number of nitrogens with one attached hydrogen (secondary N) is 1. The molecular weight excluding hydrogens is 242 g/mol. The van der Waals surface area contributed by atoms with E-state index in [1.165, 1.54) is 11.6 Å². The predicted molar refractivity (Wildman–Crippen MR) is 65.6 cm³/mol. The third kappa shape index (κ3) is 2.72. The smallest absolute Gasteiger partial charge is 0.132 e. The minimum Gasteiger partial charge on any atom is -0.366 e. The molecule has 0 fully saturated rings. The maximum Gasteiger partial charge on any atom is 0.132 e. The molecule has 0 unspecified atom stereocenters. The second-order valence-electron chi connectivity index (χ2n) is 3.16. The van der Waals surface area contributed by atoms with Crippen molar-refractivity contribution in [1.29, 1.82) is 5.26 Å². The average Bonchev–Trinajstić information content (AvgIpc) is 2.78. The molecule has 5 heteroatoms. The zero-order chi connectivity index (χ0) is 11.4. The van der Waals surface area contributed by atoms with Crippen molar-refractivity contribution in [2.45, 2.75) is 6.54 Å². The molecular formula is C11H8ClN3S. The number of nitriles is 1. The summed E-state index contributed by atoms with van der Waals surface area (Å²) in [7, 11) is 0. The number of nitrogens with zero attached hydrogens (tertiary/aromatic N) is 2. The van der Waals surface area contributed by atoms with Gasteiger partial charge in [-0.1, -0.05) is 11.6 Å². The third-order valence-corrected chi connectivity index (χ3v) is 2.90. The monoisotopic (exact) mass is 249 g/mol. The first-order chi connectivity index (χ1) is 7.78. The van der Waals surface area contributed by atoms with Gasteiger partial charge in [0.2, 0.25) is 0 Å². The van der Waals surface area contributed by atoms with Crippen LogP contribution < -0.4 is 5.32 Å². The van der Waals surface area contributed by atoms with Crippen LogP contribution in [-0.4, -0.2) is 4.98 Å². The van der Waals surface area contributed by atoms with Crippen LogP contribution in [0.15, 0.2) is 29.0 Å². The van der Waals surface area contributed by atoms with E-state index < -0.39 is 0 Å². The van der Waals surface area contributed by atoms with Gasteiger partial charge in [-0.15, -0.1) is 0 Å². The van der Waals surface area contributed by atoms with Crippen molar-refractivity contribution in [1.82, 2.24) is 4.98 Å². The molecule has 0 aliphatic carbocycles. The number of aromatic nitrogens is 1. The van der Waals surface area contributed by atoms with Gasteiger partial charge < -0.3 is 5.32 Å². The van der Waals surface area contributed by atoms with Crippen LogP contribution in [0.5, 0.6) is 0 Å². The van der Waals surface area contributed by atoms with Crippen LogP contribution >= 0.6 is 22.9 Å². The highest BCUT2D eigenvalue weighted by molar-refractivity contribution is 7.07. The topological polar surface area (TPSA) is 48.7 Å². The summed E-state index contributed by atoms with van der Waals surface area (Å²) in [5, 5.41) is 16.3. The molecule has 0 aliphatic rings. The van der Waals surface area contributed by atoms with Gasteiger partial charge in [0, 0.05) is 6.54 Å². The summed E-state index contributed by atoms with van der Waals surface area (Å²) < 4.78 is 0. The average molecular weight is 250 g/mol. The van der Waals surface area contributed by atoms with Gasteiger partial charge in [-0.3, -0.25) is 0 Å². The van der Waals surface area contributed by atoms with Crippen molar-refractivity contribution in [2.75, 3.05) is 5.32 Å². The molecule has 2 heterocycles. The molecule has 0 radical (unpaired) electrons. The SMILES string of the molecule is N#Cc1cc(Cl)nc(NCc2ccsc2)c1. The Kier molecular flexibility index (Phi) is 3.40. The van der Waals surface area contributed by atoms with Crippen LogP contribution in [0.2, 0.25) is 5.15 Å². The molecule has 80 valence electrons. The summed E-state index contributed by atoms with van der Waals surface area (Å²) in [6.07, 6.45) is 0. The van der Waals surface area contributed by atoms with Gasteiger partial charge in [0.1, 0.15) is 11.0 Å². The fourth-order valence-electron chi connectivity index (χ4n) is 1.24. The number of pyridine rings is 1. The van der Waals surface area contributed by atoms with Crippen molar-refractivity contribution >= 4 is 28.8 Å². The number of thiophene rings is 1. The van der Waals surface area contributed by atoms with Crippen LogP contribution in [-0.2, 0) is 6.54 Å². The van der Waals surface area contributed by atoms with Crippen molar-refractivity contribution in [3.63, 3.8) is 0 Å². The van der Waals surface area contributed by atoms with E-state index in [2.05, 4.69) is 15.7 Å². The van der Waals surface area contributed by atoms with Gasteiger partial charge >= 0.3 is 0 Å². The molecule has 0 saturated carbocycles. The molecule has 0 aromatic carbocycles. The zero-order valence-corrected chi connectivity index (χ0v) is 9.85. The first kappa shape index (κ1) is 10.9. The number of hydrogen-bond acceptors (Lipinski definition) is 4. The first-order valence-electron chi connectivity index (χ1n) is 4.60. The third-order valence-electron chi connectivity index (χ3n) is 1.98. The Labute approximate surface area is 102 Å². The Morgan fingerprint density at radius 1 is 1.50 bits per heavy atom. The molecule has 3 nitrogen and oxygen atoms in total. The van der Waals surface area contributed by atoms with Gasteiger partial charge in [-0.25, -0.2) is 4.98 Å². The largest absolute Gasteiger partial charge is 0.366 e. The van der Waals surface area contributed by atoms with Crippen LogP contribution in [0.4, 0.5) is 5.82 Å². The molecule has 0 aliphatic heterocycles. The lowest BCUT2D eigenvalue weighted by Crippen LogP contribution is -2.00. The Hall–Kier alpha value is -1.57. The number of rotatable bonds is 3. The van der Waals surface area contributed by atoms with E-state index in [9.17, 15) is 0 Å². The molecule has 1 N–H and O–H groups in total. The molecule has 0 saturated heterocycles. The van der Waals surface area contributed by atoms with Crippen LogP contribution in [0.25, 0.3) is 0 Å². The maximum atomic E-state index is 8.78. The van der Waals surface area contributed by atoms with E-state index in [1.807, 2.05) is 17.5 Å². The highest BCUT2D eigenvalue weighted by atomic mass is 35.5. The van der Waals surface area contributed by atoms with Crippen LogP contribution in [0.3, 0.4) is 0 Å². The van der Waals surface area contributed by atoms with Crippen LogP contribution in [0.1, 0.15) is 11.1 Å². The van der Waals surface area contributed by atoms with E-state index in [-0.39, 0.29) is 0 Å². The lowest BCUT2D eigenvalue weighted by atomic mass is 10.3. The van der Waals surface area contributed by atoms with E-state index >= 15 is 0 Å². The zero-order valence-electron chi connectivity index (χ0n) is 8.27. The van der Waals surface area contributed by atoms with Crippen molar-refractivity contribution in [3.8, 4) is 6.07 Å². The van der Waals surface area contributed by atoms with E-state index in [4.69, 9.17) is 16.9 Å². The van der Waals surface area contributed by atoms with E-state index in [0.717, 1.165) is 0 Å². The van der Waals surface area contributed by atoms with Gasteiger partial charge in [0.05, 0.1) is 11.6 Å². The summed E-state index contributed by atoms with van der Waals surface area (Å²) >= 11 is 7.44. The highest BCUT2D eigenvalue weighted by Gasteiger charge is 2.00. The predicted octanol–water partition coefficient (Wildman–Crippen LogP) is 3.28. The summed E-state index contributed by atoms with van der Waals surface area (Å²) in [5.74, 6) is 0.621. The molecule has 2 aromatic rings. The lowest BCUT2D eigenvalue weighted by Gasteiger charge is -2.04. The maximum absolute atomic E-state index is 8.78. The van der Waals surface area contributed by atoms with Crippen molar-refractivity contribution in [2.24, 2.45) is 0 Å².